The Morgan fingerprint density at radius 1 is 1.00 bits per heavy atom. The van der Waals surface area contributed by atoms with Crippen LogP contribution < -0.4 is 4.74 Å². The minimum Gasteiger partial charge on any atom is -0.483 e. The number of aromatic nitrogens is 2. The molecule has 2 aromatic carbocycles. The normalized spacial score (nSPS) is 10.7. The fourth-order valence-corrected chi connectivity index (χ4v) is 2.15. The predicted octanol–water partition coefficient (Wildman–Crippen LogP) is 4.24. The Labute approximate surface area is 129 Å². The third-order valence-corrected chi connectivity index (χ3v) is 3.68. The molecule has 0 saturated heterocycles. The van der Waals surface area contributed by atoms with E-state index >= 15 is 0 Å². The van der Waals surface area contributed by atoms with Crippen molar-refractivity contribution < 1.29 is 9.26 Å². The number of hydrogen-bond acceptors (Lipinski definition) is 4. The van der Waals surface area contributed by atoms with E-state index in [1.807, 2.05) is 50.2 Å². The molecule has 0 amide bonds. The van der Waals surface area contributed by atoms with Crippen LogP contribution in [-0.2, 0) is 6.61 Å². The molecule has 0 N–H and O–H groups in total. The number of ether oxygens (including phenoxy) is 1. The van der Waals surface area contributed by atoms with Gasteiger partial charge in [-0.3, -0.25) is 0 Å². The summed E-state index contributed by atoms with van der Waals surface area (Å²) in [4.78, 5) is 4.37. The van der Waals surface area contributed by atoms with Gasteiger partial charge in [0.05, 0.1) is 0 Å². The molecule has 22 heavy (non-hydrogen) atoms. The first-order valence-electron chi connectivity index (χ1n) is 7.22. The van der Waals surface area contributed by atoms with Gasteiger partial charge in [-0.05, 0) is 38.0 Å². The molecule has 4 heteroatoms. The Kier molecular flexibility index (Phi) is 3.92. The third kappa shape index (κ3) is 3.01. The van der Waals surface area contributed by atoms with Crippen molar-refractivity contribution in [2.24, 2.45) is 0 Å². The van der Waals surface area contributed by atoms with Gasteiger partial charge in [-0.15, -0.1) is 0 Å². The van der Waals surface area contributed by atoms with Crippen LogP contribution in [0.5, 0.6) is 5.75 Å². The van der Waals surface area contributed by atoms with Crippen LogP contribution in [0.4, 0.5) is 0 Å². The van der Waals surface area contributed by atoms with Crippen molar-refractivity contribution >= 4 is 0 Å². The first-order valence-corrected chi connectivity index (χ1v) is 7.22. The quantitative estimate of drug-likeness (QED) is 0.722. The Morgan fingerprint density at radius 3 is 2.55 bits per heavy atom. The Morgan fingerprint density at radius 2 is 1.77 bits per heavy atom. The molecular formula is C18H18N2O2. The van der Waals surface area contributed by atoms with Crippen LogP contribution in [0.25, 0.3) is 11.4 Å². The lowest BCUT2D eigenvalue weighted by atomic mass is 10.1. The standard InChI is InChI=1S/C18H18N2O2/c1-12-7-9-15(10-8-12)18-19-17(22-20-18)11-21-16-6-4-5-13(2)14(16)3/h4-10H,11H2,1-3H3. The van der Waals surface area contributed by atoms with E-state index < -0.39 is 0 Å². The van der Waals surface area contributed by atoms with Crippen LogP contribution in [0.2, 0.25) is 0 Å². The van der Waals surface area contributed by atoms with Crippen molar-refractivity contribution in [2.75, 3.05) is 0 Å². The van der Waals surface area contributed by atoms with Crippen molar-refractivity contribution in [1.29, 1.82) is 0 Å². The van der Waals surface area contributed by atoms with Gasteiger partial charge in [0.2, 0.25) is 5.82 Å². The van der Waals surface area contributed by atoms with Gasteiger partial charge < -0.3 is 9.26 Å². The molecular weight excluding hydrogens is 276 g/mol. The zero-order chi connectivity index (χ0) is 15.5. The molecule has 0 bridgehead atoms. The highest BCUT2D eigenvalue weighted by atomic mass is 16.5. The van der Waals surface area contributed by atoms with Crippen molar-refractivity contribution in [1.82, 2.24) is 10.1 Å². The van der Waals surface area contributed by atoms with Gasteiger partial charge in [-0.2, -0.15) is 4.98 Å². The largest absolute Gasteiger partial charge is 0.483 e. The number of aryl methyl sites for hydroxylation is 2. The third-order valence-electron chi connectivity index (χ3n) is 3.68. The number of hydrogen-bond donors (Lipinski definition) is 0. The average Bonchev–Trinajstić information content (AvgIpc) is 2.98. The van der Waals surface area contributed by atoms with Crippen molar-refractivity contribution in [3.8, 4) is 17.1 Å². The summed E-state index contributed by atoms with van der Waals surface area (Å²) in [5, 5.41) is 4.00. The molecule has 0 aliphatic rings. The molecule has 4 nitrogen and oxygen atoms in total. The van der Waals surface area contributed by atoms with E-state index in [0.29, 0.717) is 11.7 Å². The van der Waals surface area contributed by atoms with Gasteiger partial charge in [0.25, 0.3) is 5.89 Å². The first-order chi connectivity index (χ1) is 10.6. The van der Waals surface area contributed by atoms with Gasteiger partial charge >= 0.3 is 0 Å². The van der Waals surface area contributed by atoms with Crippen molar-refractivity contribution in [2.45, 2.75) is 27.4 Å². The summed E-state index contributed by atoms with van der Waals surface area (Å²) >= 11 is 0. The van der Waals surface area contributed by atoms with Gasteiger partial charge in [0.15, 0.2) is 6.61 Å². The van der Waals surface area contributed by atoms with E-state index in [1.165, 1.54) is 11.1 Å². The van der Waals surface area contributed by atoms with E-state index in [9.17, 15) is 0 Å². The van der Waals surface area contributed by atoms with Crippen LogP contribution in [0.3, 0.4) is 0 Å². The maximum absolute atomic E-state index is 5.78. The molecule has 0 fully saturated rings. The Balaban J connectivity index is 1.72. The summed E-state index contributed by atoms with van der Waals surface area (Å²) in [6.45, 7) is 6.41. The molecule has 0 aliphatic heterocycles. The monoisotopic (exact) mass is 294 g/mol. The van der Waals surface area contributed by atoms with Crippen LogP contribution in [0, 0.1) is 20.8 Å². The lowest BCUT2D eigenvalue weighted by Gasteiger charge is -2.08. The van der Waals surface area contributed by atoms with E-state index in [1.54, 1.807) is 0 Å². The highest BCUT2D eigenvalue weighted by Gasteiger charge is 2.10. The summed E-state index contributed by atoms with van der Waals surface area (Å²) in [6.07, 6.45) is 0. The average molecular weight is 294 g/mol. The van der Waals surface area contributed by atoms with Crippen LogP contribution in [0.15, 0.2) is 47.0 Å². The first kappa shape index (κ1) is 14.3. The van der Waals surface area contributed by atoms with Gasteiger partial charge in [-0.1, -0.05) is 47.1 Å². The second kappa shape index (κ2) is 6.02. The highest BCUT2D eigenvalue weighted by Crippen LogP contribution is 2.22. The molecule has 1 heterocycles. The maximum atomic E-state index is 5.78. The molecule has 0 radical (unpaired) electrons. The lowest BCUT2D eigenvalue weighted by Crippen LogP contribution is -1.98. The summed E-state index contributed by atoms with van der Waals surface area (Å²) in [7, 11) is 0. The van der Waals surface area contributed by atoms with E-state index in [-0.39, 0.29) is 6.61 Å². The molecule has 0 atom stereocenters. The topological polar surface area (TPSA) is 48.2 Å². The van der Waals surface area contributed by atoms with Crippen molar-refractivity contribution in [3.05, 3.63) is 65.0 Å². The van der Waals surface area contributed by atoms with Crippen molar-refractivity contribution in [3.63, 3.8) is 0 Å². The Hall–Kier alpha value is -2.62. The van der Waals surface area contributed by atoms with Gasteiger partial charge in [0.1, 0.15) is 5.75 Å². The Bertz CT molecular complexity index is 776. The molecule has 3 rings (SSSR count). The lowest BCUT2D eigenvalue weighted by molar-refractivity contribution is 0.241. The maximum Gasteiger partial charge on any atom is 0.264 e. The summed E-state index contributed by atoms with van der Waals surface area (Å²) < 4.78 is 11.0. The smallest absolute Gasteiger partial charge is 0.264 e. The SMILES string of the molecule is Cc1ccc(-c2noc(COc3cccc(C)c3C)n2)cc1. The number of benzene rings is 2. The molecule has 3 aromatic rings. The van der Waals surface area contributed by atoms with E-state index in [0.717, 1.165) is 16.9 Å². The predicted molar refractivity (Wildman–Crippen MR) is 84.7 cm³/mol. The molecule has 0 spiro atoms. The van der Waals surface area contributed by atoms with Crippen LogP contribution in [0.1, 0.15) is 22.6 Å². The van der Waals surface area contributed by atoms with Gasteiger partial charge in [0, 0.05) is 5.56 Å². The molecule has 0 aliphatic carbocycles. The summed E-state index contributed by atoms with van der Waals surface area (Å²) in [5.41, 5.74) is 4.46. The minimum atomic E-state index is 0.267. The second-order valence-electron chi connectivity index (χ2n) is 5.36. The fourth-order valence-electron chi connectivity index (χ4n) is 2.15. The van der Waals surface area contributed by atoms with Gasteiger partial charge in [-0.25, -0.2) is 0 Å². The summed E-state index contributed by atoms with van der Waals surface area (Å²) in [5.74, 6) is 1.89. The molecule has 1 aromatic heterocycles. The number of rotatable bonds is 4. The fraction of sp³-hybridized carbons (Fsp3) is 0.222. The highest BCUT2D eigenvalue weighted by molar-refractivity contribution is 5.54. The number of nitrogens with zero attached hydrogens (tertiary/aromatic N) is 2. The summed E-state index contributed by atoms with van der Waals surface area (Å²) in [6, 6.07) is 14.0. The van der Waals surface area contributed by atoms with E-state index in [2.05, 4.69) is 23.1 Å². The molecule has 0 saturated carbocycles. The van der Waals surface area contributed by atoms with Crippen LogP contribution in [-0.4, -0.2) is 10.1 Å². The van der Waals surface area contributed by atoms with Crippen LogP contribution >= 0.6 is 0 Å². The van der Waals surface area contributed by atoms with E-state index in [4.69, 9.17) is 9.26 Å². The zero-order valence-electron chi connectivity index (χ0n) is 13.0. The minimum absolute atomic E-state index is 0.267. The second-order valence-corrected chi connectivity index (χ2v) is 5.36. The zero-order valence-corrected chi connectivity index (χ0v) is 13.0. The molecule has 112 valence electrons. The molecule has 0 unspecified atom stereocenters.